The van der Waals surface area contributed by atoms with Gasteiger partial charge in [0.25, 0.3) is 0 Å². The molecule has 3 aromatic rings. The van der Waals surface area contributed by atoms with Crippen molar-refractivity contribution in [3.8, 4) is 17.6 Å². The van der Waals surface area contributed by atoms with Crippen molar-refractivity contribution >= 4 is 22.4 Å². The molecule has 2 aliphatic heterocycles. The van der Waals surface area contributed by atoms with Gasteiger partial charge in [-0.25, -0.2) is 0 Å². The molecule has 5 rings (SSSR count). The number of nitrogens with one attached hydrogen (secondary N) is 1. The van der Waals surface area contributed by atoms with E-state index >= 15 is 0 Å². The molecular formula is C29H28N4O2. The number of nitrogens with zero attached hydrogens (tertiary/aromatic N) is 3. The fourth-order valence-electron chi connectivity index (χ4n) is 4.92. The number of hydrogen-bond acceptors (Lipinski definition) is 5. The van der Waals surface area contributed by atoms with Gasteiger partial charge in [-0.3, -0.25) is 4.79 Å². The van der Waals surface area contributed by atoms with Crippen LogP contribution in [0.5, 0.6) is 11.5 Å². The van der Waals surface area contributed by atoms with E-state index in [9.17, 15) is 10.1 Å². The van der Waals surface area contributed by atoms with Crippen molar-refractivity contribution in [2.24, 2.45) is 0 Å². The summed E-state index contributed by atoms with van der Waals surface area (Å²) in [5.74, 6) is 1.23. The van der Waals surface area contributed by atoms with Crippen LogP contribution in [-0.2, 0) is 11.3 Å². The molecule has 2 aliphatic rings. The first-order valence-electron chi connectivity index (χ1n) is 11.9. The highest BCUT2D eigenvalue weighted by Gasteiger charge is 2.33. The number of ether oxygens (including phenoxy) is 1. The first kappa shape index (κ1) is 22.7. The van der Waals surface area contributed by atoms with Crippen LogP contribution in [0, 0.1) is 11.3 Å². The molecule has 0 aromatic heterocycles. The minimum Gasteiger partial charge on any atom is -0.456 e. The van der Waals surface area contributed by atoms with E-state index in [2.05, 4.69) is 28.9 Å². The average Bonchev–Trinajstić information content (AvgIpc) is 3.24. The largest absolute Gasteiger partial charge is 0.456 e. The van der Waals surface area contributed by atoms with E-state index in [4.69, 9.17) is 4.74 Å². The van der Waals surface area contributed by atoms with Crippen LogP contribution in [-0.4, -0.2) is 29.9 Å². The molecule has 6 heteroatoms. The lowest BCUT2D eigenvalue weighted by atomic mass is 10.1. The maximum Gasteiger partial charge on any atom is 0.244 e. The van der Waals surface area contributed by atoms with Gasteiger partial charge in [0.1, 0.15) is 17.6 Å². The lowest BCUT2D eigenvalue weighted by Crippen LogP contribution is -2.39. The summed E-state index contributed by atoms with van der Waals surface area (Å²) in [7, 11) is 0. The topological polar surface area (TPSA) is 68.6 Å². The van der Waals surface area contributed by atoms with Crippen molar-refractivity contribution in [3.05, 3.63) is 90.3 Å². The summed E-state index contributed by atoms with van der Waals surface area (Å²) < 4.78 is 6.26. The quantitative estimate of drug-likeness (QED) is 0.519. The van der Waals surface area contributed by atoms with E-state index in [-0.39, 0.29) is 11.9 Å². The number of nitriles is 1. The molecule has 0 radical (unpaired) electrons. The molecule has 1 fully saturated rings. The first-order valence-corrected chi connectivity index (χ1v) is 11.9. The third kappa shape index (κ3) is 4.39. The molecule has 6 nitrogen and oxygen atoms in total. The fourth-order valence-corrected chi connectivity index (χ4v) is 4.92. The van der Waals surface area contributed by atoms with Gasteiger partial charge in [0, 0.05) is 30.7 Å². The Morgan fingerprint density at radius 2 is 2.09 bits per heavy atom. The number of rotatable bonds is 1. The molecule has 1 atom stereocenters. The lowest BCUT2D eigenvalue weighted by Gasteiger charge is -2.24. The Morgan fingerprint density at radius 3 is 2.89 bits per heavy atom. The van der Waals surface area contributed by atoms with E-state index in [0.717, 1.165) is 40.6 Å². The molecule has 3 aromatic carbocycles. The highest BCUT2D eigenvalue weighted by Crippen LogP contribution is 2.35. The minimum atomic E-state index is -0.205. The van der Waals surface area contributed by atoms with Crippen LogP contribution in [0.4, 0.5) is 5.69 Å². The van der Waals surface area contributed by atoms with Gasteiger partial charge in [0.15, 0.2) is 0 Å². The normalized spacial score (nSPS) is 19.5. The Bertz CT molecular complexity index is 1370. The second-order valence-electron chi connectivity index (χ2n) is 8.83. The third-order valence-electron chi connectivity index (χ3n) is 6.77. The Morgan fingerprint density at radius 1 is 1.20 bits per heavy atom. The Balaban J connectivity index is 1.62. The standard InChI is InChI=1S/C29H28N4O2/c1-3-23-12-14-31-26-13-15-33(29(26)34)27-7-5-6-21-10-11-24(17-25(21)27)35-28-16-20(19-32(23)4-2)8-9-22(28)18-30/h3-11,16-17,26,31H,2,12-15,19H2,1H3/b23-3-. The van der Waals surface area contributed by atoms with E-state index in [0.29, 0.717) is 36.7 Å². The smallest absolute Gasteiger partial charge is 0.244 e. The van der Waals surface area contributed by atoms with Gasteiger partial charge in [-0.1, -0.05) is 36.9 Å². The van der Waals surface area contributed by atoms with E-state index in [1.165, 1.54) is 0 Å². The molecule has 35 heavy (non-hydrogen) atoms. The van der Waals surface area contributed by atoms with E-state index in [1.54, 1.807) is 6.07 Å². The molecule has 0 spiro atoms. The highest BCUT2D eigenvalue weighted by molar-refractivity contribution is 6.07. The molecule has 2 heterocycles. The first-order chi connectivity index (χ1) is 17.1. The maximum atomic E-state index is 13.3. The summed E-state index contributed by atoms with van der Waals surface area (Å²) in [6, 6.07) is 19.6. The van der Waals surface area contributed by atoms with Crippen LogP contribution < -0.4 is 15.0 Å². The van der Waals surface area contributed by atoms with Gasteiger partial charge >= 0.3 is 0 Å². The molecule has 1 amide bonds. The number of carbonyl (C=O) groups excluding carboxylic acids is 1. The molecule has 176 valence electrons. The van der Waals surface area contributed by atoms with Crippen LogP contribution in [0.1, 0.15) is 30.9 Å². The summed E-state index contributed by atoms with van der Waals surface area (Å²) in [5, 5.41) is 15.1. The van der Waals surface area contributed by atoms with Crippen LogP contribution in [0.2, 0.25) is 0 Å². The number of amides is 1. The average molecular weight is 465 g/mol. The Kier molecular flexibility index (Phi) is 6.26. The molecule has 1 saturated heterocycles. The summed E-state index contributed by atoms with van der Waals surface area (Å²) in [5.41, 5.74) is 3.48. The molecule has 1 N–H and O–H groups in total. The van der Waals surface area contributed by atoms with Crippen molar-refractivity contribution < 1.29 is 9.53 Å². The minimum absolute atomic E-state index is 0.0918. The van der Waals surface area contributed by atoms with Gasteiger partial charge in [-0.05, 0) is 67.2 Å². The zero-order chi connectivity index (χ0) is 24.4. The zero-order valence-electron chi connectivity index (χ0n) is 19.8. The Hall–Kier alpha value is -4.08. The number of anilines is 1. The van der Waals surface area contributed by atoms with Crippen LogP contribution in [0.3, 0.4) is 0 Å². The molecular weight excluding hydrogens is 436 g/mol. The molecule has 6 bridgehead atoms. The van der Waals surface area contributed by atoms with Crippen molar-refractivity contribution in [1.82, 2.24) is 10.2 Å². The third-order valence-corrected chi connectivity index (χ3v) is 6.77. The number of allylic oxidation sites excluding steroid dienone is 1. The van der Waals surface area contributed by atoms with Crippen molar-refractivity contribution in [2.75, 3.05) is 18.0 Å². The lowest BCUT2D eigenvalue weighted by molar-refractivity contribution is -0.118. The SMILES string of the molecule is C=CN1Cc2ccc(C#N)c(c2)Oc2ccc3cccc(c3c2)N2CCC(NCC/C1=C/C)C2=O. The maximum absolute atomic E-state index is 13.3. The number of carbonyl (C=O) groups is 1. The van der Waals surface area contributed by atoms with Crippen LogP contribution in [0.25, 0.3) is 10.8 Å². The van der Waals surface area contributed by atoms with Gasteiger partial charge < -0.3 is 19.9 Å². The van der Waals surface area contributed by atoms with Crippen molar-refractivity contribution in [3.63, 3.8) is 0 Å². The predicted octanol–water partition coefficient (Wildman–Crippen LogP) is 5.45. The predicted molar refractivity (Wildman–Crippen MR) is 138 cm³/mol. The van der Waals surface area contributed by atoms with Crippen LogP contribution in [0.15, 0.2) is 79.1 Å². The molecule has 0 aliphatic carbocycles. The van der Waals surface area contributed by atoms with Crippen LogP contribution >= 0.6 is 0 Å². The Labute approximate surface area is 205 Å². The van der Waals surface area contributed by atoms with Crippen molar-refractivity contribution in [1.29, 1.82) is 5.26 Å². The molecule has 0 saturated carbocycles. The summed E-state index contributed by atoms with van der Waals surface area (Å²) in [6.07, 6.45) is 5.42. The van der Waals surface area contributed by atoms with Gasteiger partial charge in [-0.15, -0.1) is 0 Å². The van der Waals surface area contributed by atoms with Crippen molar-refractivity contribution in [2.45, 2.75) is 32.4 Å². The second-order valence-corrected chi connectivity index (χ2v) is 8.83. The van der Waals surface area contributed by atoms with E-state index in [1.807, 2.05) is 66.6 Å². The number of fused-ring (bicyclic) bond motifs is 6. The molecule has 1 unspecified atom stereocenters. The highest BCUT2D eigenvalue weighted by atomic mass is 16.5. The second kappa shape index (κ2) is 9.65. The van der Waals surface area contributed by atoms with Gasteiger partial charge in [-0.2, -0.15) is 5.26 Å². The summed E-state index contributed by atoms with van der Waals surface area (Å²) in [6.45, 7) is 7.97. The fraction of sp³-hybridized carbons (Fsp3) is 0.241. The zero-order valence-corrected chi connectivity index (χ0v) is 19.8. The van der Waals surface area contributed by atoms with Gasteiger partial charge in [0.2, 0.25) is 5.91 Å². The number of hydrogen-bond donors (Lipinski definition) is 1. The number of benzene rings is 3. The summed E-state index contributed by atoms with van der Waals surface area (Å²) >= 11 is 0. The monoisotopic (exact) mass is 464 g/mol. The van der Waals surface area contributed by atoms with E-state index < -0.39 is 0 Å². The van der Waals surface area contributed by atoms with Gasteiger partial charge in [0.05, 0.1) is 17.3 Å². The summed E-state index contributed by atoms with van der Waals surface area (Å²) in [4.78, 5) is 17.3.